The Morgan fingerprint density at radius 1 is 1.05 bits per heavy atom. The predicted octanol–water partition coefficient (Wildman–Crippen LogP) is 4.47. The number of methoxy groups -OCH3 is 1. The molecule has 0 spiro atoms. The Hall–Kier alpha value is -1.42. The van der Waals surface area contributed by atoms with Crippen LogP contribution in [0.25, 0.3) is 0 Å². The van der Waals surface area contributed by atoms with Gasteiger partial charge < -0.3 is 15.2 Å². The van der Waals surface area contributed by atoms with Gasteiger partial charge in [-0.2, -0.15) is 0 Å². The van der Waals surface area contributed by atoms with Crippen molar-refractivity contribution in [1.82, 2.24) is 0 Å². The van der Waals surface area contributed by atoms with Crippen LogP contribution in [0.5, 0.6) is 11.5 Å². The molecule has 0 bridgehead atoms. The van der Waals surface area contributed by atoms with Crippen LogP contribution in [0.4, 0.5) is 0 Å². The Kier molecular flexibility index (Phi) is 5.34. The van der Waals surface area contributed by atoms with E-state index in [-0.39, 0.29) is 6.04 Å². The van der Waals surface area contributed by atoms with Crippen molar-refractivity contribution in [2.45, 2.75) is 19.1 Å². The van der Waals surface area contributed by atoms with E-state index in [0.717, 1.165) is 11.3 Å². The lowest BCUT2D eigenvalue weighted by molar-refractivity contribution is 0.176. The second kappa shape index (κ2) is 7.03. The average Bonchev–Trinajstić information content (AvgIpc) is 2.47. The Morgan fingerprint density at radius 3 is 2.43 bits per heavy atom. The molecule has 2 N–H and O–H groups in total. The number of hydrogen-bond donors (Lipinski definition) is 1. The number of rotatable bonds is 5. The maximum absolute atomic E-state index is 6.15. The smallest absolute Gasteiger partial charge is 0.142 e. The molecule has 3 nitrogen and oxygen atoms in total. The molecular weight excluding hydrogens is 309 g/mol. The first-order valence-corrected chi connectivity index (χ1v) is 7.28. The molecule has 0 radical (unpaired) electrons. The molecule has 0 aliphatic rings. The number of nitrogens with two attached hydrogens (primary N) is 1. The first kappa shape index (κ1) is 16.0. The SMILES string of the molecule is COc1ccccc1C(Oc1cc(Cl)ccc1Cl)C(C)N. The van der Waals surface area contributed by atoms with Crippen LogP contribution in [0, 0.1) is 0 Å². The van der Waals surface area contributed by atoms with Crippen LogP contribution in [-0.2, 0) is 0 Å². The summed E-state index contributed by atoms with van der Waals surface area (Å²) in [6.07, 6.45) is -0.392. The van der Waals surface area contributed by atoms with Crippen molar-refractivity contribution < 1.29 is 9.47 Å². The number of benzene rings is 2. The van der Waals surface area contributed by atoms with E-state index in [4.69, 9.17) is 38.4 Å². The van der Waals surface area contributed by atoms with E-state index in [1.165, 1.54) is 0 Å². The van der Waals surface area contributed by atoms with Gasteiger partial charge in [0, 0.05) is 22.7 Å². The monoisotopic (exact) mass is 325 g/mol. The van der Waals surface area contributed by atoms with Gasteiger partial charge >= 0.3 is 0 Å². The van der Waals surface area contributed by atoms with Gasteiger partial charge in [-0.25, -0.2) is 0 Å². The molecule has 2 unspecified atom stereocenters. The molecule has 0 aliphatic heterocycles. The summed E-state index contributed by atoms with van der Waals surface area (Å²) in [6, 6.07) is 12.4. The summed E-state index contributed by atoms with van der Waals surface area (Å²) in [5, 5.41) is 1.04. The lowest BCUT2D eigenvalue weighted by Gasteiger charge is -2.25. The van der Waals surface area contributed by atoms with Crippen molar-refractivity contribution in [3.63, 3.8) is 0 Å². The second-order valence-corrected chi connectivity index (χ2v) is 5.56. The van der Waals surface area contributed by atoms with Gasteiger partial charge in [0.05, 0.1) is 12.1 Å². The third-order valence-electron chi connectivity index (χ3n) is 3.07. The average molecular weight is 326 g/mol. The van der Waals surface area contributed by atoms with E-state index in [0.29, 0.717) is 15.8 Å². The zero-order valence-corrected chi connectivity index (χ0v) is 13.4. The first-order valence-electron chi connectivity index (χ1n) is 6.53. The lowest BCUT2D eigenvalue weighted by atomic mass is 10.0. The minimum atomic E-state index is -0.392. The van der Waals surface area contributed by atoms with Gasteiger partial charge in [-0.3, -0.25) is 0 Å². The fraction of sp³-hybridized carbons (Fsp3) is 0.250. The second-order valence-electron chi connectivity index (χ2n) is 4.71. The highest BCUT2D eigenvalue weighted by atomic mass is 35.5. The molecule has 0 saturated carbocycles. The van der Waals surface area contributed by atoms with Crippen molar-refractivity contribution >= 4 is 23.2 Å². The third-order valence-corrected chi connectivity index (χ3v) is 3.62. The Balaban J connectivity index is 2.38. The van der Waals surface area contributed by atoms with Gasteiger partial charge in [-0.1, -0.05) is 41.4 Å². The van der Waals surface area contributed by atoms with Gasteiger partial charge in [-0.15, -0.1) is 0 Å². The maximum Gasteiger partial charge on any atom is 0.142 e. The standard InChI is InChI=1S/C16H17Cl2NO2/c1-10(19)16(12-5-3-4-6-14(12)20-2)21-15-9-11(17)7-8-13(15)18/h3-10,16H,19H2,1-2H3. The fourth-order valence-electron chi connectivity index (χ4n) is 2.06. The van der Waals surface area contributed by atoms with Crippen molar-refractivity contribution in [1.29, 1.82) is 0 Å². The predicted molar refractivity (Wildman–Crippen MR) is 86.5 cm³/mol. The molecule has 2 rings (SSSR count). The lowest BCUT2D eigenvalue weighted by Crippen LogP contribution is -2.29. The van der Waals surface area contributed by atoms with Gasteiger partial charge in [0.15, 0.2) is 0 Å². The summed E-state index contributed by atoms with van der Waals surface area (Å²) in [6.45, 7) is 1.87. The maximum atomic E-state index is 6.15. The van der Waals surface area contributed by atoms with Crippen LogP contribution in [-0.4, -0.2) is 13.2 Å². The molecular formula is C16H17Cl2NO2. The fourth-order valence-corrected chi connectivity index (χ4v) is 2.38. The van der Waals surface area contributed by atoms with Gasteiger partial charge in [-0.05, 0) is 25.1 Å². The van der Waals surface area contributed by atoms with E-state index in [1.54, 1.807) is 25.3 Å². The summed E-state index contributed by atoms with van der Waals surface area (Å²) in [5.74, 6) is 1.22. The molecule has 0 heterocycles. The quantitative estimate of drug-likeness (QED) is 0.882. The van der Waals surface area contributed by atoms with Gasteiger partial charge in [0.25, 0.3) is 0 Å². The van der Waals surface area contributed by atoms with Crippen LogP contribution in [0.1, 0.15) is 18.6 Å². The molecule has 0 fully saturated rings. The minimum Gasteiger partial charge on any atom is -0.496 e. The molecule has 0 aromatic heterocycles. The molecule has 2 aromatic carbocycles. The van der Waals surface area contributed by atoms with Crippen molar-refractivity contribution in [2.24, 2.45) is 5.73 Å². The topological polar surface area (TPSA) is 44.5 Å². The largest absolute Gasteiger partial charge is 0.496 e. The van der Waals surface area contributed by atoms with Crippen molar-refractivity contribution in [3.8, 4) is 11.5 Å². The normalized spacial score (nSPS) is 13.6. The number of halogens is 2. The van der Waals surface area contributed by atoms with E-state index >= 15 is 0 Å². The third kappa shape index (κ3) is 3.82. The Morgan fingerprint density at radius 2 is 1.76 bits per heavy atom. The van der Waals surface area contributed by atoms with E-state index < -0.39 is 6.10 Å². The Bertz CT molecular complexity index is 617. The summed E-state index contributed by atoms with van der Waals surface area (Å²) in [7, 11) is 1.61. The van der Waals surface area contributed by atoms with E-state index in [2.05, 4.69) is 0 Å². The van der Waals surface area contributed by atoms with Gasteiger partial charge in [0.1, 0.15) is 17.6 Å². The highest BCUT2D eigenvalue weighted by molar-refractivity contribution is 6.34. The van der Waals surface area contributed by atoms with E-state index in [9.17, 15) is 0 Å². The summed E-state index contributed by atoms with van der Waals surface area (Å²) >= 11 is 12.1. The molecule has 2 atom stereocenters. The summed E-state index contributed by atoms with van der Waals surface area (Å²) < 4.78 is 11.4. The van der Waals surface area contributed by atoms with Crippen LogP contribution in [0.3, 0.4) is 0 Å². The van der Waals surface area contributed by atoms with Crippen LogP contribution in [0.2, 0.25) is 10.0 Å². The first-order chi connectivity index (χ1) is 10.0. The number of hydrogen-bond acceptors (Lipinski definition) is 3. The Labute approximate surface area is 134 Å². The van der Waals surface area contributed by atoms with Crippen LogP contribution < -0.4 is 15.2 Å². The molecule has 0 amide bonds. The molecule has 0 aliphatic carbocycles. The highest BCUT2D eigenvalue weighted by Crippen LogP contribution is 2.35. The minimum absolute atomic E-state index is 0.253. The number of para-hydroxylation sites is 1. The molecule has 21 heavy (non-hydrogen) atoms. The molecule has 112 valence electrons. The highest BCUT2D eigenvalue weighted by Gasteiger charge is 2.23. The summed E-state index contributed by atoms with van der Waals surface area (Å²) in [4.78, 5) is 0. The van der Waals surface area contributed by atoms with Gasteiger partial charge in [0.2, 0.25) is 0 Å². The summed E-state index contributed by atoms with van der Waals surface area (Å²) in [5.41, 5.74) is 6.94. The molecule has 0 saturated heterocycles. The van der Waals surface area contributed by atoms with Crippen LogP contribution >= 0.6 is 23.2 Å². The van der Waals surface area contributed by atoms with Crippen molar-refractivity contribution in [3.05, 3.63) is 58.1 Å². The number of ether oxygens (including phenoxy) is 2. The zero-order chi connectivity index (χ0) is 15.4. The zero-order valence-electron chi connectivity index (χ0n) is 11.8. The van der Waals surface area contributed by atoms with Crippen LogP contribution in [0.15, 0.2) is 42.5 Å². The molecule has 2 aromatic rings. The van der Waals surface area contributed by atoms with Crippen molar-refractivity contribution in [2.75, 3.05) is 7.11 Å². The van der Waals surface area contributed by atoms with E-state index in [1.807, 2.05) is 31.2 Å². The molecule has 5 heteroatoms.